The van der Waals surface area contributed by atoms with Crippen LogP contribution in [-0.2, 0) is 34.7 Å². The molecule has 0 radical (unpaired) electrons. The molecule has 2 aromatic carbocycles. The second-order valence-corrected chi connectivity index (χ2v) is 12.7. The predicted molar refractivity (Wildman–Crippen MR) is 128 cm³/mol. The maximum atomic E-state index is 13.7. The number of fused-ring (bicyclic) bond motifs is 2. The smallest absolute Gasteiger partial charge is 0.243 e. The summed E-state index contributed by atoms with van der Waals surface area (Å²) in [6.45, 7) is 7.46. The molecule has 2 heterocycles. The van der Waals surface area contributed by atoms with E-state index in [1.54, 1.807) is 16.4 Å². The molecule has 3 aromatic rings. The molecule has 174 valence electrons. The highest BCUT2D eigenvalue weighted by Crippen LogP contribution is 2.48. The van der Waals surface area contributed by atoms with E-state index in [-0.39, 0.29) is 10.8 Å². The lowest BCUT2D eigenvalue weighted by atomic mass is 9.60. The zero-order chi connectivity index (χ0) is 23.3. The van der Waals surface area contributed by atoms with Crippen molar-refractivity contribution in [1.29, 1.82) is 0 Å². The van der Waals surface area contributed by atoms with Gasteiger partial charge < -0.3 is 4.52 Å². The fourth-order valence-corrected chi connectivity index (χ4v) is 7.18. The van der Waals surface area contributed by atoms with Gasteiger partial charge in [0.1, 0.15) is 5.76 Å². The van der Waals surface area contributed by atoms with Crippen molar-refractivity contribution in [3.8, 4) is 0 Å². The van der Waals surface area contributed by atoms with Crippen LogP contribution in [0, 0.1) is 11.3 Å². The third kappa shape index (κ3) is 4.15. The minimum absolute atomic E-state index is 0.0151. The third-order valence-electron chi connectivity index (χ3n) is 7.55. The fourth-order valence-electron chi connectivity index (χ4n) is 5.63. The first-order valence-electron chi connectivity index (χ1n) is 11.7. The SMILES string of the molecule is CC(C)(C)c1ccc(S(=O)(=O)N2CCC3Cc4oncc4CC3(Cc3ccccc3)C2)cc1. The van der Waals surface area contributed by atoms with Crippen LogP contribution in [0.1, 0.15) is 49.6 Å². The summed E-state index contributed by atoms with van der Waals surface area (Å²) in [5.74, 6) is 1.34. The van der Waals surface area contributed by atoms with Gasteiger partial charge >= 0.3 is 0 Å². The minimum Gasteiger partial charge on any atom is -0.361 e. The molecule has 6 heteroatoms. The van der Waals surface area contributed by atoms with Crippen molar-refractivity contribution in [1.82, 2.24) is 9.46 Å². The van der Waals surface area contributed by atoms with E-state index in [2.05, 4.69) is 50.2 Å². The number of sulfonamides is 1. The van der Waals surface area contributed by atoms with Gasteiger partial charge in [-0.1, -0.05) is 68.4 Å². The lowest BCUT2D eigenvalue weighted by molar-refractivity contribution is 0.0509. The van der Waals surface area contributed by atoms with Gasteiger partial charge in [-0.15, -0.1) is 0 Å². The molecule has 2 unspecified atom stereocenters. The van der Waals surface area contributed by atoms with E-state index in [9.17, 15) is 8.42 Å². The van der Waals surface area contributed by atoms with Crippen LogP contribution in [0.3, 0.4) is 0 Å². The van der Waals surface area contributed by atoms with E-state index in [0.717, 1.165) is 42.6 Å². The van der Waals surface area contributed by atoms with Gasteiger partial charge in [-0.05, 0) is 59.3 Å². The van der Waals surface area contributed by atoms with Gasteiger partial charge in [0.2, 0.25) is 10.0 Å². The highest BCUT2D eigenvalue weighted by molar-refractivity contribution is 7.89. The first kappa shape index (κ1) is 22.4. The van der Waals surface area contributed by atoms with Crippen LogP contribution in [0.4, 0.5) is 0 Å². The molecule has 0 amide bonds. The minimum atomic E-state index is -3.57. The Morgan fingerprint density at radius 3 is 2.52 bits per heavy atom. The van der Waals surface area contributed by atoms with E-state index in [1.165, 1.54) is 5.56 Å². The monoisotopic (exact) mass is 464 g/mol. The molecule has 5 nitrogen and oxygen atoms in total. The number of piperidine rings is 1. The molecule has 1 aliphatic heterocycles. The van der Waals surface area contributed by atoms with E-state index < -0.39 is 10.0 Å². The summed E-state index contributed by atoms with van der Waals surface area (Å²) in [5.41, 5.74) is 3.31. The average Bonchev–Trinajstić information content (AvgIpc) is 3.23. The molecule has 0 spiro atoms. The first-order chi connectivity index (χ1) is 15.7. The van der Waals surface area contributed by atoms with Crippen molar-refractivity contribution in [2.24, 2.45) is 11.3 Å². The van der Waals surface area contributed by atoms with E-state index in [1.807, 2.05) is 24.4 Å². The van der Waals surface area contributed by atoms with Gasteiger partial charge in [0.25, 0.3) is 0 Å². The standard InChI is InChI=1S/C27H32N2O3S/c1-26(2,3)22-9-11-24(12-10-22)33(30,31)29-14-13-23-15-25-21(18-28-32-25)17-27(23,19-29)16-20-7-5-4-6-8-20/h4-12,18,23H,13-17,19H2,1-3H3. The van der Waals surface area contributed by atoms with Crippen molar-refractivity contribution >= 4 is 10.0 Å². The first-order valence-corrected chi connectivity index (χ1v) is 13.2. The van der Waals surface area contributed by atoms with E-state index in [4.69, 9.17) is 4.52 Å². The lowest BCUT2D eigenvalue weighted by Gasteiger charge is -2.50. The Morgan fingerprint density at radius 2 is 1.82 bits per heavy atom. The zero-order valence-corrected chi connectivity index (χ0v) is 20.4. The van der Waals surface area contributed by atoms with Crippen molar-refractivity contribution in [2.45, 2.75) is 56.8 Å². The Morgan fingerprint density at radius 1 is 1.09 bits per heavy atom. The Bertz CT molecular complexity index is 1230. The zero-order valence-electron chi connectivity index (χ0n) is 19.6. The molecular weight excluding hydrogens is 432 g/mol. The number of aromatic nitrogens is 1. The molecule has 33 heavy (non-hydrogen) atoms. The average molecular weight is 465 g/mol. The summed E-state index contributed by atoms with van der Waals surface area (Å²) in [6, 6.07) is 17.9. The number of benzene rings is 2. The van der Waals surface area contributed by atoms with Gasteiger partial charge in [-0.2, -0.15) is 4.31 Å². The van der Waals surface area contributed by atoms with Crippen molar-refractivity contribution in [2.75, 3.05) is 13.1 Å². The molecule has 1 aromatic heterocycles. The second kappa shape index (κ2) is 8.10. The van der Waals surface area contributed by atoms with Crippen LogP contribution >= 0.6 is 0 Å². The second-order valence-electron chi connectivity index (χ2n) is 10.8. The number of hydrogen-bond acceptors (Lipinski definition) is 4. The molecular formula is C27H32N2O3S. The molecule has 0 bridgehead atoms. The molecule has 5 rings (SSSR count). The molecule has 1 fully saturated rings. The Kier molecular flexibility index (Phi) is 5.49. The third-order valence-corrected chi connectivity index (χ3v) is 9.40. The van der Waals surface area contributed by atoms with Crippen LogP contribution in [0.2, 0.25) is 0 Å². The fraction of sp³-hybridized carbons (Fsp3) is 0.444. The lowest BCUT2D eigenvalue weighted by Crippen LogP contribution is -2.54. The van der Waals surface area contributed by atoms with Crippen LogP contribution in [0.25, 0.3) is 0 Å². The summed E-state index contributed by atoms with van der Waals surface area (Å²) in [4.78, 5) is 0.380. The van der Waals surface area contributed by atoms with Crippen LogP contribution in [0.15, 0.2) is 70.2 Å². The highest BCUT2D eigenvalue weighted by Gasteiger charge is 2.49. The summed E-state index contributed by atoms with van der Waals surface area (Å²) >= 11 is 0. The predicted octanol–water partition coefficient (Wildman–Crippen LogP) is 5.01. The number of rotatable bonds is 4. The number of hydrogen-bond donors (Lipinski definition) is 0. The molecule has 2 atom stereocenters. The highest BCUT2D eigenvalue weighted by atomic mass is 32.2. The summed E-state index contributed by atoms with van der Waals surface area (Å²) in [5, 5.41) is 4.04. The number of nitrogens with zero attached hydrogens (tertiary/aromatic N) is 2. The summed E-state index contributed by atoms with van der Waals surface area (Å²) < 4.78 is 34.7. The van der Waals surface area contributed by atoms with E-state index >= 15 is 0 Å². The van der Waals surface area contributed by atoms with Gasteiger partial charge in [0.05, 0.1) is 11.1 Å². The maximum absolute atomic E-state index is 13.7. The summed E-state index contributed by atoms with van der Waals surface area (Å²) in [6.07, 6.45) is 5.11. The van der Waals surface area contributed by atoms with Gasteiger partial charge in [-0.3, -0.25) is 0 Å². The summed E-state index contributed by atoms with van der Waals surface area (Å²) in [7, 11) is -3.57. The quantitative estimate of drug-likeness (QED) is 0.544. The Hall–Kier alpha value is -2.44. The Labute approximate surface area is 196 Å². The van der Waals surface area contributed by atoms with Gasteiger partial charge in [0, 0.05) is 25.1 Å². The van der Waals surface area contributed by atoms with Crippen LogP contribution in [0.5, 0.6) is 0 Å². The van der Waals surface area contributed by atoms with Crippen LogP contribution in [-0.4, -0.2) is 31.0 Å². The maximum Gasteiger partial charge on any atom is 0.243 e. The van der Waals surface area contributed by atoms with Gasteiger partial charge in [-0.25, -0.2) is 8.42 Å². The van der Waals surface area contributed by atoms with Crippen molar-refractivity contribution < 1.29 is 12.9 Å². The molecule has 1 saturated heterocycles. The molecule has 2 aliphatic rings. The van der Waals surface area contributed by atoms with E-state index in [0.29, 0.717) is 23.9 Å². The van der Waals surface area contributed by atoms with Crippen molar-refractivity contribution in [3.05, 3.63) is 83.2 Å². The molecule has 0 N–H and O–H groups in total. The molecule has 1 aliphatic carbocycles. The van der Waals surface area contributed by atoms with Crippen LogP contribution < -0.4 is 0 Å². The van der Waals surface area contributed by atoms with Gasteiger partial charge in [0.15, 0.2) is 0 Å². The topological polar surface area (TPSA) is 63.4 Å². The largest absolute Gasteiger partial charge is 0.361 e. The van der Waals surface area contributed by atoms with Crippen molar-refractivity contribution in [3.63, 3.8) is 0 Å². The Balaban J connectivity index is 1.48. The normalized spacial score (nSPS) is 23.7. The molecule has 0 saturated carbocycles.